The van der Waals surface area contributed by atoms with E-state index < -0.39 is 0 Å². The fourth-order valence-electron chi connectivity index (χ4n) is 3.91. The first-order valence-electron chi connectivity index (χ1n) is 9.67. The Morgan fingerprint density at radius 1 is 1.19 bits per heavy atom. The quantitative estimate of drug-likeness (QED) is 0.830. The first kappa shape index (κ1) is 16.0. The van der Waals surface area contributed by atoms with E-state index in [2.05, 4.69) is 21.0 Å². The van der Waals surface area contributed by atoms with Crippen molar-refractivity contribution in [3.05, 3.63) is 41.3 Å². The number of aromatic nitrogens is 3. The summed E-state index contributed by atoms with van der Waals surface area (Å²) in [5.41, 5.74) is 4.26. The summed E-state index contributed by atoms with van der Waals surface area (Å²) in [5, 5.41) is 4.56. The van der Waals surface area contributed by atoms with Gasteiger partial charge in [0.1, 0.15) is 6.10 Å². The highest BCUT2D eigenvalue weighted by molar-refractivity contribution is 6.16. The molecule has 2 aromatic heterocycles. The predicted octanol–water partition coefficient (Wildman–Crippen LogP) is 2.99. The minimum Gasteiger partial charge on any atom is -0.474 e. The lowest BCUT2D eigenvalue weighted by Gasteiger charge is -2.24. The topological polar surface area (TPSA) is 61.5 Å². The first-order chi connectivity index (χ1) is 12.9. The van der Waals surface area contributed by atoms with Gasteiger partial charge in [-0.15, -0.1) is 0 Å². The van der Waals surface area contributed by atoms with E-state index in [0.717, 1.165) is 55.4 Å². The van der Waals surface area contributed by atoms with Gasteiger partial charge in [-0.2, -0.15) is 5.10 Å². The van der Waals surface area contributed by atoms with Gasteiger partial charge in [0.25, 0.3) is 0 Å². The van der Waals surface area contributed by atoms with Crippen molar-refractivity contribution < 1.29 is 9.47 Å². The third kappa shape index (κ3) is 3.03. The third-order valence-electron chi connectivity index (χ3n) is 5.67. The molecule has 0 spiro atoms. The van der Waals surface area contributed by atoms with Gasteiger partial charge in [-0.05, 0) is 30.4 Å². The van der Waals surface area contributed by atoms with Gasteiger partial charge in [-0.1, -0.05) is 6.42 Å². The number of hydrogen-bond acceptors (Lipinski definition) is 5. The second-order valence-electron chi connectivity index (χ2n) is 7.49. The van der Waals surface area contributed by atoms with E-state index in [0.29, 0.717) is 12.4 Å². The summed E-state index contributed by atoms with van der Waals surface area (Å²) < 4.78 is 13.7. The fraction of sp³-hybridized carbons (Fsp3) is 0.550. The first-order valence-corrected chi connectivity index (χ1v) is 9.67. The number of fused-ring (bicyclic) bond motifs is 1. The van der Waals surface area contributed by atoms with E-state index in [-0.39, 0.29) is 6.10 Å². The summed E-state index contributed by atoms with van der Waals surface area (Å²) in [5.74, 6) is 1.49. The lowest BCUT2D eigenvalue weighted by molar-refractivity contribution is 0.0236. The number of rotatable bonds is 5. The van der Waals surface area contributed by atoms with E-state index in [4.69, 9.17) is 14.5 Å². The van der Waals surface area contributed by atoms with Crippen molar-refractivity contribution in [2.75, 3.05) is 13.2 Å². The summed E-state index contributed by atoms with van der Waals surface area (Å²) in [6.45, 7) is 3.22. The Balaban J connectivity index is 1.39. The lowest BCUT2D eigenvalue weighted by Crippen LogP contribution is -2.27. The van der Waals surface area contributed by atoms with Crippen LogP contribution >= 0.6 is 0 Å². The van der Waals surface area contributed by atoms with E-state index >= 15 is 0 Å². The minimum absolute atomic E-state index is 0.172. The van der Waals surface area contributed by atoms with Gasteiger partial charge >= 0.3 is 0 Å². The van der Waals surface area contributed by atoms with Crippen LogP contribution in [-0.4, -0.2) is 39.8 Å². The van der Waals surface area contributed by atoms with Crippen LogP contribution in [0.3, 0.4) is 0 Å². The molecule has 2 aromatic rings. The smallest absolute Gasteiger partial charge is 0.223 e. The average Bonchev–Trinajstić information content (AvgIpc) is 3.26. The van der Waals surface area contributed by atoms with Crippen molar-refractivity contribution in [1.29, 1.82) is 0 Å². The van der Waals surface area contributed by atoms with Crippen molar-refractivity contribution in [3.63, 3.8) is 0 Å². The van der Waals surface area contributed by atoms with Crippen molar-refractivity contribution in [2.45, 2.75) is 51.3 Å². The Bertz CT molecular complexity index is 819. The van der Waals surface area contributed by atoms with Crippen molar-refractivity contribution in [2.24, 2.45) is 10.9 Å². The second kappa shape index (κ2) is 6.83. The predicted molar refractivity (Wildman–Crippen MR) is 97.6 cm³/mol. The number of ether oxygens (including phenoxy) is 2. The molecule has 1 saturated heterocycles. The molecule has 0 radical (unpaired) electrons. The van der Waals surface area contributed by atoms with Crippen LogP contribution in [0.1, 0.15) is 48.8 Å². The summed E-state index contributed by atoms with van der Waals surface area (Å²) in [7, 11) is 0. The van der Waals surface area contributed by atoms with Crippen molar-refractivity contribution in [1.82, 2.24) is 14.8 Å². The van der Waals surface area contributed by atoms with Crippen LogP contribution in [0, 0.1) is 5.92 Å². The van der Waals surface area contributed by atoms with Gasteiger partial charge < -0.3 is 9.47 Å². The van der Waals surface area contributed by atoms with Crippen LogP contribution in [-0.2, 0) is 17.8 Å². The highest BCUT2D eigenvalue weighted by Crippen LogP contribution is 2.32. The number of hydrogen-bond donors (Lipinski definition) is 0. The van der Waals surface area contributed by atoms with Crippen LogP contribution in [0.25, 0.3) is 0 Å². The van der Waals surface area contributed by atoms with Crippen LogP contribution < -0.4 is 4.74 Å². The van der Waals surface area contributed by atoms with Crippen LogP contribution in [0.2, 0.25) is 0 Å². The molecular weight excluding hydrogens is 328 g/mol. The molecule has 26 heavy (non-hydrogen) atoms. The molecular formula is C20H24N4O2. The molecule has 2 fully saturated rings. The van der Waals surface area contributed by atoms with E-state index in [1.807, 2.05) is 18.5 Å². The maximum atomic E-state index is 6.25. The zero-order chi connectivity index (χ0) is 17.3. The van der Waals surface area contributed by atoms with Gasteiger partial charge in [0.15, 0.2) is 0 Å². The lowest BCUT2D eigenvalue weighted by atomic mass is 9.85. The molecule has 2 aliphatic heterocycles. The Morgan fingerprint density at radius 3 is 2.88 bits per heavy atom. The molecule has 136 valence electrons. The van der Waals surface area contributed by atoms with Crippen LogP contribution in [0.15, 0.2) is 29.6 Å². The van der Waals surface area contributed by atoms with Gasteiger partial charge in [0, 0.05) is 37.3 Å². The molecule has 1 saturated carbocycles. The Labute approximate surface area is 153 Å². The molecule has 6 heteroatoms. The largest absolute Gasteiger partial charge is 0.474 e. The molecule has 4 heterocycles. The van der Waals surface area contributed by atoms with Gasteiger partial charge in [-0.3, -0.25) is 9.67 Å². The highest BCUT2D eigenvalue weighted by atomic mass is 16.5. The molecule has 1 aliphatic carbocycles. The maximum absolute atomic E-state index is 6.25. The summed E-state index contributed by atoms with van der Waals surface area (Å²) in [4.78, 5) is 9.30. The summed E-state index contributed by atoms with van der Waals surface area (Å²) >= 11 is 0. The van der Waals surface area contributed by atoms with Crippen molar-refractivity contribution >= 4 is 5.71 Å². The standard InChI is InChI=1S/C20H24N4O2/c1-2-14(3-1)12-24-13-16(11-23-24)19-18-15(10-22-19)4-7-21-20(18)26-17-5-8-25-9-6-17/h4,7,11,13-14,17H,1-3,5-6,8-10,12H2. The molecule has 0 N–H and O–H groups in total. The molecule has 0 aromatic carbocycles. The molecule has 0 unspecified atom stereocenters. The highest BCUT2D eigenvalue weighted by Gasteiger charge is 2.27. The summed E-state index contributed by atoms with van der Waals surface area (Å²) in [6.07, 6.45) is 11.9. The van der Waals surface area contributed by atoms with Gasteiger partial charge in [-0.25, -0.2) is 4.98 Å². The number of pyridine rings is 1. The van der Waals surface area contributed by atoms with Gasteiger partial charge in [0.2, 0.25) is 5.88 Å². The van der Waals surface area contributed by atoms with Gasteiger partial charge in [0.05, 0.1) is 37.2 Å². The SMILES string of the molecule is c1cc2c(c(OC3CCOCC3)n1)C(c1cnn(CC3CCC3)c1)=NC2. The maximum Gasteiger partial charge on any atom is 0.223 e. The Kier molecular flexibility index (Phi) is 4.21. The van der Waals surface area contributed by atoms with E-state index in [9.17, 15) is 0 Å². The Hall–Kier alpha value is -2.21. The second-order valence-corrected chi connectivity index (χ2v) is 7.49. The van der Waals surface area contributed by atoms with Crippen LogP contribution in [0.4, 0.5) is 0 Å². The minimum atomic E-state index is 0.172. The third-order valence-corrected chi connectivity index (χ3v) is 5.67. The van der Waals surface area contributed by atoms with E-state index in [1.165, 1.54) is 24.8 Å². The molecule has 0 amide bonds. The molecule has 5 rings (SSSR count). The molecule has 3 aliphatic rings. The molecule has 0 bridgehead atoms. The normalized spacial score (nSPS) is 20.5. The van der Waals surface area contributed by atoms with Crippen molar-refractivity contribution in [3.8, 4) is 5.88 Å². The van der Waals surface area contributed by atoms with E-state index in [1.54, 1.807) is 0 Å². The monoisotopic (exact) mass is 352 g/mol. The fourth-order valence-corrected chi connectivity index (χ4v) is 3.91. The number of aliphatic imine (C=N–C) groups is 1. The molecule has 6 nitrogen and oxygen atoms in total. The summed E-state index contributed by atoms with van der Waals surface area (Å²) in [6, 6.07) is 2.04. The van der Waals surface area contributed by atoms with Crippen LogP contribution in [0.5, 0.6) is 5.88 Å². The Morgan fingerprint density at radius 2 is 2.08 bits per heavy atom. The zero-order valence-electron chi connectivity index (χ0n) is 14.9. The molecule has 0 atom stereocenters. The average molecular weight is 352 g/mol. The zero-order valence-corrected chi connectivity index (χ0v) is 14.9. The number of nitrogens with zero attached hydrogens (tertiary/aromatic N) is 4.